The Balaban J connectivity index is 1.54. The average Bonchev–Trinajstić information content (AvgIpc) is 3.12. The molecule has 162 valence electrons. The molecule has 2 aromatic carbocycles. The molecule has 9 heteroatoms. The predicted octanol–water partition coefficient (Wildman–Crippen LogP) is 5.16. The van der Waals surface area contributed by atoms with E-state index in [2.05, 4.69) is 10.2 Å². The van der Waals surface area contributed by atoms with Crippen molar-refractivity contribution in [2.75, 3.05) is 5.75 Å². The van der Waals surface area contributed by atoms with E-state index in [1.807, 2.05) is 24.3 Å². The normalized spacial score (nSPS) is 25.0. The van der Waals surface area contributed by atoms with Gasteiger partial charge in [-0.15, -0.1) is 0 Å². The Morgan fingerprint density at radius 3 is 2.48 bits per heavy atom. The van der Waals surface area contributed by atoms with Gasteiger partial charge in [-0.2, -0.15) is 18.3 Å². The zero-order valence-electron chi connectivity index (χ0n) is 16.1. The van der Waals surface area contributed by atoms with E-state index in [1.165, 1.54) is 0 Å². The fraction of sp³-hybridized carbons (Fsp3) is 0.318. The van der Waals surface area contributed by atoms with Crippen molar-refractivity contribution in [1.29, 1.82) is 0 Å². The van der Waals surface area contributed by atoms with Gasteiger partial charge in [-0.1, -0.05) is 24.3 Å². The summed E-state index contributed by atoms with van der Waals surface area (Å²) in [6.45, 7) is 0. The van der Waals surface area contributed by atoms with Crippen LogP contribution in [0.25, 0.3) is 0 Å². The number of benzene rings is 2. The number of hydrogen-bond donors (Lipinski definition) is 1. The zero-order chi connectivity index (χ0) is 22.0. The van der Waals surface area contributed by atoms with Crippen molar-refractivity contribution < 1.29 is 26.0 Å². The van der Waals surface area contributed by atoms with E-state index >= 15 is 4.39 Å². The van der Waals surface area contributed by atoms with E-state index in [9.17, 15) is 21.6 Å². The fourth-order valence-electron chi connectivity index (χ4n) is 4.94. The van der Waals surface area contributed by atoms with Crippen molar-refractivity contribution in [2.24, 2.45) is 5.92 Å². The molecule has 0 aliphatic heterocycles. The Morgan fingerprint density at radius 1 is 1.06 bits per heavy atom. The Bertz CT molecular complexity index is 1230. The Morgan fingerprint density at radius 2 is 1.77 bits per heavy atom. The molecule has 4 nitrogen and oxygen atoms in total. The van der Waals surface area contributed by atoms with Crippen molar-refractivity contribution in [3.05, 3.63) is 82.7 Å². The van der Waals surface area contributed by atoms with Gasteiger partial charge >= 0.3 is 6.18 Å². The van der Waals surface area contributed by atoms with Crippen LogP contribution >= 0.6 is 0 Å². The second-order valence-electron chi connectivity index (χ2n) is 8.19. The maximum absolute atomic E-state index is 15.4. The number of rotatable bonds is 3. The number of hydrogen-bond acceptors (Lipinski definition) is 3. The molecule has 0 spiro atoms. The summed E-state index contributed by atoms with van der Waals surface area (Å²) >= 11 is 0. The molecule has 1 N–H and O–H groups in total. The van der Waals surface area contributed by atoms with Gasteiger partial charge in [0.1, 0.15) is 6.17 Å². The van der Waals surface area contributed by atoms with Crippen LogP contribution in [0.2, 0.25) is 0 Å². The molecule has 1 aromatic heterocycles. The number of H-pyrrole nitrogens is 1. The number of aromatic nitrogens is 2. The molecule has 2 aliphatic rings. The van der Waals surface area contributed by atoms with E-state index in [-0.39, 0.29) is 16.6 Å². The highest BCUT2D eigenvalue weighted by atomic mass is 32.2. The molecule has 5 rings (SSSR count). The second-order valence-corrected chi connectivity index (χ2v) is 10.2. The Hall–Kier alpha value is -2.68. The third-order valence-corrected chi connectivity index (χ3v) is 8.22. The molecule has 0 fully saturated rings. The minimum atomic E-state index is -4.54. The molecule has 0 radical (unpaired) electrons. The zero-order valence-corrected chi connectivity index (χ0v) is 16.9. The summed E-state index contributed by atoms with van der Waals surface area (Å²) < 4.78 is 80.2. The standard InChI is InChI=1S/C22H18F4N2O2S/c23-20-17-9-14(11-31(29,30)16-6-4-15(5-7-16)22(24,25)26)19(18-10-27-28-21(18)20)13-3-1-2-12(17)8-13/h1-8,10,14,17,19-20H,9,11H2,(H,27,28). The van der Waals surface area contributed by atoms with Crippen LogP contribution in [-0.4, -0.2) is 24.4 Å². The van der Waals surface area contributed by atoms with Crippen LogP contribution in [0, 0.1) is 5.92 Å². The van der Waals surface area contributed by atoms with E-state index in [0.29, 0.717) is 17.7 Å². The first-order valence-corrected chi connectivity index (χ1v) is 11.5. The number of halogens is 4. The van der Waals surface area contributed by atoms with Crippen molar-refractivity contribution in [3.63, 3.8) is 0 Å². The minimum Gasteiger partial charge on any atom is -0.279 e. The Kier molecular flexibility index (Phi) is 4.51. The SMILES string of the molecule is O=S(=O)(CC1CC2c3cccc(c3)C1c1cn[nH]c1C2F)c1ccc(C(F)(F)F)cc1. The van der Waals surface area contributed by atoms with Crippen LogP contribution in [0.1, 0.15) is 52.4 Å². The first-order valence-electron chi connectivity index (χ1n) is 9.82. The second kappa shape index (κ2) is 6.91. The average molecular weight is 450 g/mol. The van der Waals surface area contributed by atoms with Gasteiger partial charge in [0.15, 0.2) is 9.84 Å². The molecule has 4 atom stereocenters. The third kappa shape index (κ3) is 3.35. The van der Waals surface area contributed by atoms with E-state index in [0.717, 1.165) is 35.4 Å². The topological polar surface area (TPSA) is 62.8 Å². The number of nitrogens with one attached hydrogen (secondary N) is 1. The molecular weight excluding hydrogens is 432 g/mol. The first-order chi connectivity index (χ1) is 14.6. The minimum absolute atomic E-state index is 0.171. The number of aromatic amines is 1. The molecular formula is C22H18F4N2O2S. The molecule has 1 heterocycles. The third-order valence-electron chi connectivity index (χ3n) is 6.36. The molecule has 2 aliphatic carbocycles. The summed E-state index contributed by atoms with van der Waals surface area (Å²) in [5, 5.41) is 6.74. The van der Waals surface area contributed by atoms with Gasteiger partial charge in [-0.25, -0.2) is 12.8 Å². The Labute approximate surface area is 176 Å². The maximum Gasteiger partial charge on any atom is 0.416 e. The van der Waals surface area contributed by atoms with Crippen LogP contribution in [0.3, 0.4) is 0 Å². The molecule has 31 heavy (non-hydrogen) atoms. The van der Waals surface area contributed by atoms with E-state index < -0.39 is 39.6 Å². The monoisotopic (exact) mass is 450 g/mol. The molecule has 4 bridgehead atoms. The van der Waals surface area contributed by atoms with Crippen molar-refractivity contribution in [2.45, 2.75) is 35.5 Å². The lowest BCUT2D eigenvalue weighted by atomic mass is 9.82. The van der Waals surface area contributed by atoms with Crippen molar-refractivity contribution >= 4 is 9.84 Å². The predicted molar refractivity (Wildman–Crippen MR) is 105 cm³/mol. The summed E-state index contributed by atoms with van der Waals surface area (Å²) in [5.41, 5.74) is 1.80. The fourth-order valence-corrected chi connectivity index (χ4v) is 6.58. The highest BCUT2D eigenvalue weighted by Gasteiger charge is 2.44. The maximum atomic E-state index is 15.4. The molecule has 0 saturated heterocycles. The molecule has 3 aromatic rings. The van der Waals surface area contributed by atoms with Crippen LogP contribution in [0.5, 0.6) is 0 Å². The van der Waals surface area contributed by atoms with Gasteiger partial charge in [-0.05, 0) is 47.7 Å². The summed E-state index contributed by atoms with van der Waals surface area (Å²) in [7, 11) is -3.90. The lowest BCUT2D eigenvalue weighted by Crippen LogP contribution is -2.23. The van der Waals surface area contributed by atoms with Crippen LogP contribution in [0.4, 0.5) is 17.6 Å². The number of fused-ring (bicyclic) bond motifs is 9. The van der Waals surface area contributed by atoms with Gasteiger partial charge in [0.05, 0.1) is 28.1 Å². The summed E-state index contributed by atoms with van der Waals surface area (Å²) in [6, 6.07) is 11.0. The molecule has 0 saturated carbocycles. The van der Waals surface area contributed by atoms with Gasteiger partial charge in [0, 0.05) is 17.4 Å². The van der Waals surface area contributed by atoms with Crippen molar-refractivity contribution in [1.82, 2.24) is 10.2 Å². The van der Waals surface area contributed by atoms with Gasteiger partial charge in [0.2, 0.25) is 0 Å². The van der Waals surface area contributed by atoms with Crippen LogP contribution < -0.4 is 0 Å². The number of sulfone groups is 1. The smallest absolute Gasteiger partial charge is 0.279 e. The summed E-state index contributed by atoms with van der Waals surface area (Å²) in [4.78, 5) is -0.171. The largest absolute Gasteiger partial charge is 0.416 e. The summed E-state index contributed by atoms with van der Waals surface area (Å²) in [6.07, 6.45) is -4.03. The lowest BCUT2D eigenvalue weighted by molar-refractivity contribution is -0.137. The van der Waals surface area contributed by atoms with Gasteiger partial charge in [-0.3, -0.25) is 5.10 Å². The van der Waals surface area contributed by atoms with Crippen LogP contribution in [-0.2, 0) is 16.0 Å². The lowest BCUT2D eigenvalue weighted by Gasteiger charge is -2.25. The van der Waals surface area contributed by atoms with E-state index in [4.69, 9.17) is 0 Å². The van der Waals surface area contributed by atoms with Crippen molar-refractivity contribution in [3.8, 4) is 0 Å². The van der Waals surface area contributed by atoms with E-state index in [1.54, 1.807) is 6.20 Å². The summed E-state index contributed by atoms with van der Waals surface area (Å²) in [5.74, 6) is -1.65. The number of alkyl halides is 4. The van der Waals surface area contributed by atoms with Crippen LogP contribution in [0.15, 0.2) is 59.6 Å². The van der Waals surface area contributed by atoms with Gasteiger partial charge in [0.25, 0.3) is 0 Å². The highest BCUT2D eigenvalue weighted by molar-refractivity contribution is 7.91. The molecule has 0 amide bonds. The quantitative estimate of drug-likeness (QED) is 0.561. The highest BCUT2D eigenvalue weighted by Crippen LogP contribution is 2.53. The number of nitrogens with zero attached hydrogens (tertiary/aromatic N) is 1. The first kappa shape index (κ1) is 20.2. The van der Waals surface area contributed by atoms with Gasteiger partial charge < -0.3 is 0 Å². The molecule has 4 unspecified atom stereocenters.